The third kappa shape index (κ3) is 4.56. The van der Waals surface area contributed by atoms with Crippen LogP contribution in [0.2, 0.25) is 10.0 Å². The van der Waals surface area contributed by atoms with E-state index in [1.807, 2.05) is 0 Å². The van der Waals surface area contributed by atoms with Crippen molar-refractivity contribution >= 4 is 57.0 Å². The van der Waals surface area contributed by atoms with Gasteiger partial charge in [-0.05, 0) is 42.5 Å². The van der Waals surface area contributed by atoms with Crippen LogP contribution >= 0.6 is 23.2 Å². The van der Waals surface area contributed by atoms with Gasteiger partial charge < -0.3 is 24.6 Å². The van der Waals surface area contributed by atoms with Gasteiger partial charge in [0.05, 0.1) is 15.7 Å². The zero-order valence-electron chi connectivity index (χ0n) is 18.2. The molecule has 8 nitrogen and oxygen atoms in total. The minimum atomic E-state index is -0.534. The quantitative estimate of drug-likeness (QED) is 0.400. The number of aromatic nitrogens is 2. The highest BCUT2D eigenvalue weighted by Crippen LogP contribution is 2.36. The lowest BCUT2D eigenvalue weighted by Gasteiger charge is -2.33. The number of pyridine rings is 1. The number of ether oxygens (including phenoxy) is 1. The number of aromatic amines is 1. The molecule has 0 unspecified atom stereocenters. The van der Waals surface area contributed by atoms with Gasteiger partial charge in [-0.1, -0.05) is 23.2 Å². The number of phenolic OH excluding ortho intramolecular Hbond substituents is 1. The summed E-state index contributed by atoms with van der Waals surface area (Å²) in [4.78, 5) is 35.9. The molecule has 2 aromatic carbocycles. The van der Waals surface area contributed by atoms with Crippen LogP contribution in [0, 0.1) is 5.82 Å². The Hall–Kier alpha value is -3.56. The summed E-state index contributed by atoms with van der Waals surface area (Å²) in [7, 11) is 0. The SMILES string of the molecule is O=C(OCc1ccc2c(Cl)cc(Cl)c(O)c2n1)N1CCN(C(=O)c2cc3cc(F)ccc3[nH]2)CC1. The van der Waals surface area contributed by atoms with Crippen LogP contribution in [0.1, 0.15) is 16.2 Å². The third-order valence-corrected chi connectivity index (χ3v) is 6.50. The topological polar surface area (TPSA) is 98.8 Å². The minimum absolute atomic E-state index is 0.0798. The number of H-pyrrole nitrogens is 1. The molecule has 0 spiro atoms. The van der Waals surface area contributed by atoms with Gasteiger partial charge >= 0.3 is 6.09 Å². The molecule has 4 aromatic rings. The van der Waals surface area contributed by atoms with Gasteiger partial charge in [0.25, 0.3) is 5.91 Å². The maximum atomic E-state index is 13.4. The molecule has 1 saturated heterocycles. The van der Waals surface area contributed by atoms with Gasteiger partial charge in [0.1, 0.15) is 23.6 Å². The maximum Gasteiger partial charge on any atom is 0.410 e. The van der Waals surface area contributed by atoms with Crippen LogP contribution in [0.25, 0.3) is 21.8 Å². The molecule has 0 radical (unpaired) electrons. The number of hydrogen-bond donors (Lipinski definition) is 2. The Morgan fingerprint density at radius 1 is 1.03 bits per heavy atom. The number of nitrogens with zero attached hydrogens (tertiary/aromatic N) is 3. The van der Waals surface area contributed by atoms with Crippen molar-refractivity contribution in [2.45, 2.75) is 6.61 Å². The molecule has 2 N–H and O–H groups in total. The van der Waals surface area contributed by atoms with Crippen molar-refractivity contribution < 1.29 is 23.8 Å². The van der Waals surface area contributed by atoms with Gasteiger partial charge in [-0.25, -0.2) is 14.2 Å². The molecular weight excluding hydrogens is 498 g/mol. The molecule has 0 saturated carbocycles. The number of hydrogen-bond acceptors (Lipinski definition) is 5. The number of aromatic hydroxyl groups is 1. The highest BCUT2D eigenvalue weighted by molar-refractivity contribution is 6.39. The second kappa shape index (κ2) is 9.24. The summed E-state index contributed by atoms with van der Waals surface area (Å²) >= 11 is 12.1. The largest absolute Gasteiger partial charge is 0.504 e. The highest BCUT2D eigenvalue weighted by atomic mass is 35.5. The molecule has 1 fully saturated rings. The highest BCUT2D eigenvalue weighted by Gasteiger charge is 2.26. The summed E-state index contributed by atoms with van der Waals surface area (Å²) < 4.78 is 18.8. The van der Waals surface area contributed by atoms with E-state index >= 15 is 0 Å². The molecular formula is C24H19Cl2FN4O4. The van der Waals surface area contributed by atoms with Gasteiger partial charge in [-0.3, -0.25) is 4.79 Å². The minimum Gasteiger partial charge on any atom is -0.504 e. The van der Waals surface area contributed by atoms with E-state index in [1.165, 1.54) is 23.1 Å². The van der Waals surface area contributed by atoms with E-state index < -0.39 is 6.09 Å². The first-order chi connectivity index (χ1) is 16.8. The standard InChI is InChI=1S/C24H19Cl2FN4O4/c25-17-11-18(26)22(32)21-16(17)3-2-15(28-21)12-35-24(34)31-7-5-30(6-8-31)23(33)20-10-13-9-14(27)1-4-19(13)29-20/h1-4,9-11,29,32H,5-8,12H2. The number of phenols is 1. The van der Waals surface area contributed by atoms with E-state index in [9.17, 15) is 19.1 Å². The molecule has 2 aromatic heterocycles. The van der Waals surface area contributed by atoms with Crippen molar-refractivity contribution in [1.29, 1.82) is 0 Å². The number of piperazine rings is 1. The van der Waals surface area contributed by atoms with E-state index in [0.717, 1.165) is 0 Å². The zero-order chi connectivity index (χ0) is 24.7. The Labute approximate surface area is 208 Å². The maximum absolute atomic E-state index is 13.4. The van der Waals surface area contributed by atoms with E-state index in [0.29, 0.717) is 58.9 Å². The Balaban J connectivity index is 1.18. The van der Waals surface area contributed by atoms with Crippen LogP contribution in [0.5, 0.6) is 5.75 Å². The summed E-state index contributed by atoms with van der Waals surface area (Å²) in [5.74, 6) is -0.779. The Morgan fingerprint density at radius 3 is 2.54 bits per heavy atom. The van der Waals surface area contributed by atoms with Gasteiger partial charge in [0.15, 0.2) is 5.75 Å². The number of amides is 2. The normalized spacial score (nSPS) is 14.0. The zero-order valence-corrected chi connectivity index (χ0v) is 19.7. The molecule has 1 aliphatic heterocycles. The molecule has 1 aliphatic rings. The summed E-state index contributed by atoms with van der Waals surface area (Å²) in [5, 5.41) is 11.8. The van der Waals surface area contributed by atoms with Crippen molar-refractivity contribution in [1.82, 2.24) is 19.8 Å². The molecule has 0 atom stereocenters. The van der Waals surface area contributed by atoms with Crippen LogP contribution < -0.4 is 0 Å². The predicted octanol–water partition coefficient (Wildman–Crippen LogP) is 4.96. The lowest BCUT2D eigenvalue weighted by atomic mass is 10.2. The van der Waals surface area contributed by atoms with Crippen molar-refractivity contribution in [3.8, 4) is 5.75 Å². The molecule has 5 rings (SSSR count). The van der Waals surface area contributed by atoms with Crippen molar-refractivity contribution in [2.75, 3.05) is 26.2 Å². The fourth-order valence-corrected chi connectivity index (χ4v) is 4.55. The first-order valence-electron chi connectivity index (χ1n) is 10.8. The molecule has 2 amide bonds. The van der Waals surface area contributed by atoms with E-state index in [1.54, 1.807) is 29.2 Å². The lowest BCUT2D eigenvalue weighted by Crippen LogP contribution is -2.50. The number of halogens is 3. The number of carbonyl (C=O) groups excluding carboxylic acids is 2. The molecule has 3 heterocycles. The fraction of sp³-hybridized carbons (Fsp3) is 0.208. The summed E-state index contributed by atoms with van der Waals surface area (Å²) in [6.45, 7) is 1.16. The molecule has 0 aliphatic carbocycles. The summed E-state index contributed by atoms with van der Waals surface area (Å²) in [6, 6.07) is 10.7. The number of fused-ring (bicyclic) bond motifs is 2. The molecule has 0 bridgehead atoms. The third-order valence-electron chi connectivity index (χ3n) is 5.90. The second-order valence-electron chi connectivity index (χ2n) is 8.14. The first-order valence-corrected chi connectivity index (χ1v) is 11.5. The van der Waals surface area contributed by atoms with Crippen molar-refractivity contribution in [2.24, 2.45) is 0 Å². The smallest absolute Gasteiger partial charge is 0.410 e. The Morgan fingerprint density at radius 2 is 1.77 bits per heavy atom. The van der Waals surface area contributed by atoms with Gasteiger partial charge in [-0.2, -0.15) is 0 Å². The molecule has 35 heavy (non-hydrogen) atoms. The monoisotopic (exact) mass is 516 g/mol. The lowest BCUT2D eigenvalue weighted by molar-refractivity contribution is 0.0538. The molecule has 11 heteroatoms. The molecule has 180 valence electrons. The Bertz CT molecular complexity index is 1470. The predicted molar refractivity (Wildman–Crippen MR) is 129 cm³/mol. The number of nitrogens with one attached hydrogen (secondary N) is 1. The van der Waals surface area contributed by atoms with E-state index in [2.05, 4.69) is 9.97 Å². The Kier molecular flexibility index (Phi) is 6.12. The van der Waals surface area contributed by atoms with E-state index in [4.69, 9.17) is 27.9 Å². The number of benzene rings is 2. The van der Waals surface area contributed by atoms with Crippen LogP contribution in [0.3, 0.4) is 0 Å². The van der Waals surface area contributed by atoms with Crippen LogP contribution in [-0.2, 0) is 11.3 Å². The van der Waals surface area contributed by atoms with Crippen LogP contribution in [0.4, 0.5) is 9.18 Å². The summed E-state index contributed by atoms with van der Waals surface area (Å²) in [6.07, 6.45) is -0.534. The second-order valence-corrected chi connectivity index (χ2v) is 8.95. The average molecular weight is 517 g/mol. The van der Waals surface area contributed by atoms with Crippen LogP contribution in [-0.4, -0.2) is 63.1 Å². The average Bonchev–Trinajstić information content (AvgIpc) is 3.28. The van der Waals surface area contributed by atoms with Gasteiger partial charge in [0, 0.05) is 42.5 Å². The van der Waals surface area contributed by atoms with E-state index in [-0.39, 0.29) is 34.6 Å². The number of rotatable bonds is 3. The first kappa shape index (κ1) is 23.2. The van der Waals surface area contributed by atoms with Crippen LogP contribution in [0.15, 0.2) is 42.5 Å². The summed E-state index contributed by atoms with van der Waals surface area (Å²) in [5.41, 5.74) is 1.69. The van der Waals surface area contributed by atoms with Gasteiger partial charge in [-0.15, -0.1) is 0 Å². The van der Waals surface area contributed by atoms with Crippen molar-refractivity contribution in [3.05, 3.63) is 69.7 Å². The van der Waals surface area contributed by atoms with Gasteiger partial charge in [0.2, 0.25) is 0 Å². The fourth-order valence-electron chi connectivity index (χ4n) is 4.03. The van der Waals surface area contributed by atoms with Crippen molar-refractivity contribution in [3.63, 3.8) is 0 Å². The number of carbonyl (C=O) groups is 2.